The van der Waals surface area contributed by atoms with Crippen molar-refractivity contribution in [2.75, 3.05) is 18.0 Å². The smallest absolute Gasteiger partial charge is 0.339 e. The Kier molecular flexibility index (Phi) is 3.52. The standard InChI is InChI=1S/C13H19N3O2/c1-8-7-9(2)15-12(11(8)13(17)18)16-5-3-10(14)4-6-16/h7,10H,3-6,14H2,1-2H3,(H,17,18). The van der Waals surface area contributed by atoms with Crippen LogP contribution in [0.3, 0.4) is 0 Å². The molecule has 0 saturated carbocycles. The van der Waals surface area contributed by atoms with Crippen LogP contribution in [0.4, 0.5) is 5.82 Å². The van der Waals surface area contributed by atoms with Crippen LogP contribution in [0.15, 0.2) is 6.07 Å². The van der Waals surface area contributed by atoms with Crippen molar-refractivity contribution >= 4 is 11.8 Å². The van der Waals surface area contributed by atoms with Crippen molar-refractivity contribution in [2.45, 2.75) is 32.7 Å². The lowest BCUT2D eigenvalue weighted by Crippen LogP contribution is -2.40. The van der Waals surface area contributed by atoms with Gasteiger partial charge < -0.3 is 15.7 Å². The molecule has 0 unspecified atom stereocenters. The number of nitrogens with zero attached hydrogens (tertiary/aromatic N) is 2. The van der Waals surface area contributed by atoms with Crippen LogP contribution in [-0.2, 0) is 0 Å². The third-order valence-electron chi connectivity index (χ3n) is 3.38. The number of piperidine rings is 1. The van der Waals surface area contributed by atoms with E-state index in [1.165, 1.54) is 0 Å². The Labute approximate surface area is 107 Å². The summed E-state index contributed by atoms with van der Waals surface area (Å²) in [7, 11) is 0. The van der Waals surface area contributed by atoms with Gasteiger partial charge in [-0.15, -0.1) is 0 Å². The molecule has 0 bridgehead atoms. The highest BCUT2D eigenvalue weighted by Crippen LogP contribution is 2.25. The van der Waals surface area contributed by atoms with E-state index in [2.05, 4.69) is 4.98 Å². The number of aryl methyl sites for hydroxylation is 2. The normalized spacial score (nSPS) is 16.9. The molecule has 0 amide bonds. The molecule has 1 saturated heterocycles. The zero-order chi connectivity index (χ0) is 13.3. The second-order valence-electron chi connectivity index (χ2n) is 4.91. The fourth-order valence-electron chi connectivity index (χ4n) is 2.42. The fraction of sp³-hybridized carbons (Fsp3) is 0.538. The molecule has 3 N–H and O–H groups in total. The second kappa shape index (κ2) is 4.94. The summed E-state index contributed by atoms with van der Waals surface area (Å²) in [5.41, 5.74) is 7.80. The molecular weight excluding hydrogens is 230 g/mol. The first kappa shape index (κ1) is 12.8. The van der Waals surface area contributed by atoms with Gasteiger partial charge in [0.1, 0.15) is 11.4 Å². The van der Waals surface area contributed by atoms with E-state index < -0.39 is 5.97 Å². The minimum atomic E-state index is -0.912. The summed E-state index contributed by atoms with van der Waals surface area (Å²) >= 11 is 0. The second-order valence-corrected chi connectivity index (χ2v) is 4.91. The Balaban J connectivity index is 2.39. The molecule has 1 aliphatic rings. The Morgan fingerprint density at radius 2 is 2.06 bits per heavy atom. The molecule has 1 aromatic heterocycles. The van der Waals surface area contributed by atoms with Gasteiger partial charge >= 0.3 is 5.97 Å². The van der Waals surface area contributed by atoms with Gasteiger partial charge in [0.05, 0.1) is 0 Å². The number of carbonyl (C=O) groups is 1. The summed E-state index contributed by atoms with van der Waals surface area (Å²) in [6, 6.07) is 2.03. The van der Waals surface area contributed by atoms with Gasteiger partial charge in [-0.05, 0) is 38.3 Å². The number of carboxylic acids is 1. The van der Waals surface area contributed by atoms with Crippen LogP contribution in [0.1, 0.15) is 34.5 Å². The topological polar surface area (TPSA) is 79.5 Å². The molecule has 0 atom stereocenters. The van der Waals surface area contributed by atoms with E-state index >= 15 is 0 Å². The highest BCUT2D eigenvalue weighted by molar-refractivity contribution is 5.95. The van der Waals surface area contributed by atoms with E-state index in [1.807, 2.05) is 24.8 Å². The number of pyridine rings is 1. The van der Waals surface area contributed by atoms with Crippen molar-refractivity contribution < 1.29 is 9.90 Å². The van der Waals surface area contributed by atoms with Gasteiger partial charge in [0.25, 0.3) is 0 Å². The Hall–Kier alpha value is -1.62. The Morgan fingerprint density at radius 3 is 2.61 bits per heavy atom. The van der Waals surface area contributed by atoms with E-state index in [0.717, 1.165) is 37.2 Å². The van der Waals surface area contributed by atoms with Crippen molar-refractivity contribution in [1.29, 1.82) is 0 Å². The maximum absolute atomic E-state index is 11.4. The van der Waals surface area contributed by atoms with E-state index in [4.69, 9.17) is 5.73 Å². The largest absolute Gasteiger partial charge is 0.478 e. The number of anilines is 1. The van der Waals surface area contributed by atoms with Gasteiger partial charge in [0, 0.05) is 24.8 Å². The van der Waals surface area contributed by atoms with Gasteiger partial charge in [-0.1, -0.05) is 0 Å². The summed E-state index contributed by atoms with van der Waals surface area (Å²) in [6.07, 6.45) is 1.77. The molecule has 18 heavy (non-hydrogen) atoms. The van der Waals surface area contributed by atoms with Crippen LogP contribution in [0.25, 0.3) is 0 Å². The number of hydrogen-bond donors (Lipinski definition) is 2. The van der Waals surface area contributed by atoms with Gasteiger partial charge in [-0.3, -0.25) is 0 Å². The van der Waals surface area contributed by atoms with E-state index in [0.29, 0.717) is 11.4 Å². The summed E-state index contributed by atoms with van der Waals surface area (Å²) in [4.78, 5) is 17.8. The summed E-state index contributed by atoms with van der Waals surface area (Å²) in [5, 5.41) is 9.33. The minimum Gasteiger partial charge on any atom is -0.478 e. The van der Waals surface area contributed by atoms with Crippen LogP contribution >= 0.6 is 0 Å². The maximum Gasteiger partial charge on any atom is 0.339 e. The summed E-state index contributed by atoms with van der Waals surface area (Å²) in [6.45, 7) is 5.25. The average Bonchev–Trinajstić information content (AvgIpc) is 2.28. The van der Waals surface area contributed by atoms with E-state index in [1.54, 1.807) is 0 Å². The number of rotatable bonds is 2. The lowest BCUT2D eigenvalue weighted by molar-refractivity contribution is 0.0696. The zero-order valence-electron chi connectivity index (χ0n) is 10.8. The molecule has 1 aromatic rings. The van der Waals surface area contributed by atoms with Gasteiger partial charge in [0.2, 0.25) is 0 Å². The summed E-state index contributed by atoms with van der Waals surface area (Å²) < 4.78 is 0. The highest BCUT2D eigenvalue weighted by Gasteiger charge is 2.24. The molecule has 0 aliphatic carbocycles. The zero-order valence-corrected chi connectivity index (χ0v) is 10.8. The first-order chi connectivity index (χ1) is 8.49. The Morgan fingerprint density at radius 1 is 1.44 bits per heavy atom. The van der Waals surface area contributed by atoms with Crippen LogP contribution in [0.2, 0.25) is 0 Å². The molecule has 1 fully saturated rings. The summed E-state index contributed by atoms with van der Waals surface area (Å²) in [5.74, 6) is -0.322. The van der Waals surface area contributed by atoms with Crippen LogP contribution in [0.5, 0.6) is 0 Å². The number of aromatic carboxylic acids is 1. The lowest BCUT2D eigenvalue weighted by Gasteiger charge is -2.32. The van der Waals surface area contributed by atoms with Crippen molar-refractivity contribution in [2.24, 2.45) is 5.73 Å². The van der Waals surface area contributed by atoms with Gasteiger partial charge in [0.15, 0.2) is 0 Å². The van der Waals surface area contributed by atoms with Crippen LogP contribution in [0, 0.1) is 13.8 Å². The molecule has 98 valence electrons. The molecule has 1 aliphatic heterocycles. The number of aromatic nitrogens is 1. The SMILES string of the molecule is Cc1cc(C)c(C(=O)O)c(N2CCC(N)CC2)n1. The van der Waals surface area contributed by atoms with Crippen molar-refractivity contribution in [3.63, 3.8) is 0 Å². The first-order valence-electron chi connectivity index (χ1n) is 6.21. The third kappa shape index (κ3) is 2.46. The number of nitrogens with two attached hydrogens (primary N) is 1. The number of hydrogen-bond acceptors (Lipinski definition) is 4. The van der Waals surface area contributed by atoms with E-state index in [-0.39, 0.29) is 6.04 Å². The Bertz CT molecular complexity index is 466. The van der Waals surface area contributed by atoms with Crippen molar-refractivity contribution in [3.8, 4) is 0 Å². The minimum absolute atomic E-state index is 0.223. The van der Waals surface area contributed by atoms with Gasteiger partial charge in [-0.2, -0.15) is 0 Å². The molecule has 2 rings (SSSR count). The molecule has 0 spiro atoms. The lowest BCUT2D eigenvalue weighted by atomic mass is 10.0. The highest BCUT2D eigenvalue weighted by atomic mass is 16.4. The molecule has 5 nitrogen and oxygen atoms in total. The average molecular weight is 249 g/mol. The predicted octanol–water partition coefficient (Wildman–Crippen LogP) is 1.32. The fourth-order valence-corrected chi connectivity index (χ4v) is 2.42. The van der Waals surface area contributed by atoms with Crippen LogP contribution in [-0.4, -0.2) is 35.2 Å². The number of carboxylic acid groups (broad SMARTS) is 1. The molecular formula is C13H19N3O2. The first-order valence-corrected chi connectivity index (χ1v) is 6.21. The van der Waals surface area contributed by atoms with Crippen molar-refractivity contribution in [1.82, 2.24) is 4.98 Å². The van der Waals surface area contributed by atoms with E-state index in [9.17, 15) is 9.90 Å². The predicted molar refractivity (Wildman–Crippen MR) is 70.1 cm³/mol. The molecule has 0 aromatic carbocycles. The third-order valence-corrected chi connectivity index (χ3v) is 3.38. The van der Waals surface area contributed by atoms with Crippen LogP contribution < -0.4 is 10.6 Å². The maximum atomic E-state index is 11.4. The van der Waals surface area contributed by atoms with Crippen molar-refractivity contribution in [3.05, 3.63) is 22.9 Å². The molecule has 5 heteroatoms. The van der Waals surface area contributed by atoms with Gasteiger partial charge in [-0.25, -0.2) is 9.78 Å². The molecule has 0 radical (unpaired) electrons. The quantitative estimate of drug-likeness (QED) is 0.826. The molecule has 2 heterocycles. The monoisotopic (exact) mass is 249 g/mol.